The highest BCUT2D eigenvalue weighted by Gasteiger charge is 2.28. The molecule has 0 unspecified atom stereocenters. The van der Waals surface area contributed by atoms with E-state index in [4.69, 9.17) is 9.47 Å². The van der Waals surface area contributed by atoms with Crippen LogP contribution in [-0.4, -0.2) is 37.2 Å². The number of aromatic nitrogens is 3. The van der Waals surface area contributed by atoms with Gasteiger partial charge in [0.1, 0.15) is 17.3 Å². The van der Waals surface area contributed by atoms with Crippen molar-refractivity contribution in [3.05, 3.63) is 111 Å². The minimum Gasteiger partial charge on any atom is -0.497 e. The third kappa shape index (κ3) is 5.15. The number of anilines is 1. The Morgan fingerprint density at radius 1 is 0.950 bits per heavy atom. The fourth-order valence-corrected chi connectivity index (χ4v) is 5.92. The Morgan fingerprint density at radius 3 is 2.35 bits per heavy atom. The topological polar surface area (TPSA) is 104 Å². The number of methoxy groups -OCH3 is 2. The molecule has 0 aliphatic rings. The molecule has 0 atom stereocenters. The second-order valence-electron chi connectivity index (χ2n) is 8.57. The van der Waals surface area contributed by atoms with E-state index in [1.807, 2.05) is 0 Å². The fourth-order valence-electron chi connectivity index (χ4n) is 4.20. The summed E-state index contributed by atoms with van der Waals surface area (Å²) in [5, 5.41) is 0.435. The molecule has 0 amide bonds. The number of ether oxygens (including phenoxy) is 2. The van der Waals surface area contributed by atoms with Crippen LogP contribution in [-0.2, 0) is 16.6 Å². The molecule has 5 aromatic rings. The Hall–Kier alpha value is -4.29. The molecule has 204 valence electrons. The maximum absolute atomic E-state index is 14.5. The van der Waals surface area contributed by atoms with Crippen LogP contribution in [0.1, 0.15) is 5.56 Å². The number of rotatable bonds is 8. The third-order valence-corrected chi connectivity index (χ3v) is 8.51. The standard InChI is InChI=1S/C28H22BrFN4O5S/c1-38-20-7-4-18(5-8-20)17-33(28-31-12-3-13-32-28)40(36,37)21-9-10-24-19(14-21)6-11-27(35)34(24)25-16-23(30)22(29)15-26(25)39-2/h3-16H,17H2,1-2H3. The average molecular weight is 625 g/mol. The van der Waals surface area contributed by atoms with E-state index >= 15 is 0 Å². The lowest BCUT2D eigenvalue weighted by atomic mass is 10.2. The molecular formula is C28H22BrFN4O5S. The van der Waals surface area contributed by atoms with Gasteiger partial charge in [-0.15, -0.1) is 0 Å². The smallest absolute Gasteiger partial charge is 0.266 e. The normalized spacial score (nSPS) is 11.4. The monoisotopic (exact) mass is 624 g/mol. The van der Waals surface area contributed by atoms with E-state index < -0.39 is 21.4 Å². The molecule has 3 aromatic carbocycles. The number of pyridine rings is 1. The highest BCUT2D eigenvalue weighted by Crippen LogP contribution is 2.32. The highest BCUT2D eigenvalue weighted by atomic mass is 79.9. The van der Waals surface area contributed by atoms with Gasteiger partial charge < -0.3 is 9.47 Å². The number of nitrogens with zero attached hydrogens (tertiary/aromatic N) is 4. The van der Waals surface area contributed by atoms with E-state index in [0.29, 0.717) is 22.2 Å². The summed E-state index contributed by atoms with van der Waals surface area (Å²) in [6, 6.07) is 18.3. The Morgan fingerprint density at radius 2 is 1.68 bits per heavy atom. The van der Waals surface area contributed by atoms with Crippen LogP contribution in [0.5, 0.6) is 11.5 Å². The molecule has 2 heterocycles. The lowest BCUT2D eigenvalue weighted by Gasteiger charge is -2.23. The summed E-state index contributed by atoms with van der Waals surface area (Å²) in [7, 11) is -1.22. The van der Waals surface area contributed by atoms with Crippen molar-refractivity contribution in [2.45, 2.75) is 11.4 Å². The summed E-state index contributed by atoms with van der Waals surface area (Å²) in [5.41, 5.74) is 0.787. The van der Waals surface area contributed by atoms with Gasteiger partial charge in [-0.2, -0.15) is 0 Å². The number of sulfonamides is 1. The van der Waals surface area contributed by atoms with Gasteiger partial charge in [-0.05, 0) is 70.0 Å². The lowest BCUT2D eigenvalue weighted by molar-refractivity contribution is 0.411. The first kappa shape index (κ1) is 27.3. The fraction of sp³-hybridized carbons (Fsp3) is 0.107. The second-order valence-corrected chi connectivity index (χ2v) is 11.3. The molecule has 12 heteroatoms. The van der Waals surface area contributed by atoms with Crippen LogP contribution in [0.3, 0.4) is 0 Å². The molecule has 9 nitrogen and oxygen atoms in total. The molecule has 0 radical (unpaired) electrons. The maximum Gasteiger partial charge on any atom is 0.266 e. The van der Waals surface area contributed by atoms with Crippen LogP contribution in [0, 0.1) is 5.82 Å². The minimum atomic E-state index is -4.17. The minimum absolute atomic E-state index is 0.00143. The third-order valence-electron chi connectivity index (χ3n) is 6.18. The van der Waals surface area contributed by atoms with Crippen LogP contribution in [0.4, 0.5) is 10.3 Å². The summed E-state index contributed by atoms with van der Waals surface area (Å²) < 4.78 is 55.6. The molecule has 2 aromatic heterocycles. The molecule has 0 aliphatic carbocycles. The molecule has 40 heavy (non-hydrogen) atoms. The van der Waals surface area contributed by atoms with Crippen molar-refractivity contribution in [2.24, 2.45) is 0 Å². The Balaban J connectivity index is 1.63. The van der Waals surface area contributed by atoms with Gasteiger partial charge in [-0.1, -0.05) is 12.1 Å². The van der Waals surface area contributed by atoms with Gasteiger partial charge in [0.05, 0.1) is 41.3 Å². The number of halogens is 2. The van der Waals surface area contributed by atoms with E-state index in [0.717, 1.165) is 4.31 Å². The van der Waals surface area contributed by atoms with Crippen molar-refractivity contribution in [3.8, 4) is 17.2 Å². The van der Waals surface area contributed by atoms with Crippen molar-refractivity contribution in [1.82, 2.24) is 14.5 Å². The van der Waals surface area contributed by atoms with Gasteiger partial charge in [0.15, 0.2) is 0 Å². The van der Waals surface area contributed by atoms with Crippen LogP contribution >= 0.6 is 15.9 Å². The van der Waals surface area contributed by atoms with Crippen molar-refractivity contribution < 1.29 is 22.3 Å². The van der Waals surface area contributed by atoms with E-state index in [1.165, 1.54) is 66.5 Å². The number of hydrogen-bond acceptors (Lipinski definition) is 7. The molecule has 0 aliphatic heterocycles. The quantitative estimate of drug-likeness (QED) is 0.237. The van der Waals surface area contributed by atoms with Gasteiger partial charge in [-0.3, -0.25) is 9.36 Å². The lowest BCUT2D eigenvalue weighted by Crippen LogP contribution is -2.32. The Bertz CT molecular complexity index is 1870. The Labute approximate surface area is 237 Å². The van der Waals surface area contributed by atoms with Crippen molar-refractivity contribution >= 4 is 42.8 Å². The number of fused-ring (bicyclic) bond motifs is 1. The van der Waals surface area contributed by atoms with Crippen LogP contribution in [0.15, 0.2) is 99.4 Å². The predicted molar refractivity (Wildman–Crippen MR) is 152 cm³/mol. The van der Waals surface area contributed by atoms with Crippen molar-refractivity contribution in [3.63, 3.8) is 0 Å². The number of hydrogen-bond donors (Lipinski definition) is 0. The molecule has 0 bridgehead atoms. The SMILES string of the molecule is COc1ccc(CN(c2ncccn2)S(=O)(=O)c2ccc3c(ccc(=O)n3-c3cc(F)c(Br)cc3OC)c2)cc1. The molecule has 0 saturated carbocycles. The summed E-state index contributed by atoms with van der Waals surface area (Å²) in [4.78, 5) is 21.3. The first-order valence-corrected chi connectivity index (χ1v) is 14.1. The van der Waals surface area contributed by atoms with E-state index in [1.54, 1.807) is 37.4 Å². The van der Waals surface area contributed by atoms with Crippen molar-refractivity contribution in [1.29, 1.82) is 0 Å². The summed E-state index contributed by atoms with van der Waals surface area (Å²) in [6.45, 7) is -0.0384. The van der Waals surface area contributed by atoms with E-state index in [9.17, 15) is 17.6 Å². The first-order chi connectivity index (χ1) is 19.2. The zero-order valence-corrected chi connectivity index (χ0v) is 23.7. The maximum atomic E-state index is 14.5. The highest BCUT2D eigenvalue weighted by molar-refractivity contribution is 9.10. The summed E-state index contributed by atoms with van der Waals surface area (Å²) in [6.07, 6.45) is 2.92. The summed E-state index contributed by atoms with van der Waals surface area (Å²) >= 11 is 3.13. The molecular weight excluding hydrogens is 603 g/mol. The second kappa shape index (κ2) is 11.1. The zero-order chi connectivity index (χ0) is 28.4. The molecule has 0 spiro atoms. The molecule has 0 saturated heterocycles. The first-order valence-electron chi connectivity index (χ1n) is 11.8. The Kier molecular flexibility index (Phi) is 7.55. The van der Waals surface area contributed by atoms with E-state index in [-0.39, 0.29) is 33.3 Å². The molecule has 5 rings (SSSR count). The molecule has 0 N–H and O–H groups in total. The zero-order valence-electron chi connectivity index (χ0n) is 21.3. The van der Waals surface area contributed by atoms with Gasteiger partial charge in [0, 0.05) is 29.9 Å². The number of benzene rings is 3. The molecule has 0 fully saturated rings. The van der Waals surface area contributed by atoms with Crippen LogP contribution in [0.25, 0.3) is 16.6 Å². The van der Waals surface area contributed by atoms with Gasteiger partial charge in [0.2, 0.25) is 5.95 Å². The van der Waals surface area contributed by atoms with Crippen LogP contribution < -0.4 is 19.3 Å². The van der Waals surface area contributed by atoms with Gasteiger partial charge >= 0.3 is 0 Å². The largest absolute Gasteiger partial charge is 0.497 e. The average Bonchev–Trinajstić information content (AvgIpc) is 2.97. The van der Waals surface area contributed by atoms with Crippen LogP contribution in [0.2, 0.25) is 0 Å². The van der Waals surface area contributed by atoms with Crippen molar-refractivity contribution in [2.75, 3.05) is 18.5 Å². The van der Waals surface area contributed by atoms with Gasteiger partial charge in [-0.25, -0.2) is 27.1 Å². The predicted octanol–water partition coefficient (Wildman–Crippen LogP) is 5.10. The van der Waals surface area contributed by atoms with E-state index in [2.05, 4.69) is 25.9 Å². The summed E-state index contributed by atoms with van der Waals surface area (Å²) in [5.74, 6) is 0.304. The van der Waals surface area contributed by atoms with Gasteiger partial charge in [0.25, 0.3) is 15.6 Å².